The molecule has 3 rings (SSSR count). The van der Waals surface area contributed by atoms with Gasteiger partial charge in [-0.15, -0.1) is 22.9 Å². The molecule has 0 aliphatic rings. The van der Waals surface area contributed by atoms with E-state index in [1.165, 1.54) is 10.3 Å². The summed E-state index contributed by atoms with van der Waals surface area (Å²) in [4.78, 5) is 1.22. The Morgan fingerprint density at radius 2 is 1.95 bits per heavy atom. The highest BCUT2D eigenvalue weighted by molar-refractivity contribution is 7.10. The van der Waals surface area contributed by atoms with Crippen molar-refractivity contribution < 1.29 is 4.74 Å². The first-order valence-corrected chi connectivity index (χ1v) is 8.03. The van der Waals surface area contributed by atoms with Gasteiger partial charge in [-0.2, -0.15) is 0 Å². The van der Waals surface area contributed by atoms with Crippen molar-refractivity contribution in [2.75, 3.05) is 5.88 Å². The van der Waals surface area contributed by atoms with E-state index in [0.29, 0.717) is 5.88 Å². The zero-order valence-corrected chi connectivity index (χ0v) is 12.5. The topological polar surface area (TPSA) is 9.23 Å². The lowest BCUT2D eigenvalue weighted by atomic mass is 10.2. The van der Waals surface area contributed by atoms with Crippen molar-refractivity contribution in [3.05, 3.63) is 64.9 Å². The Morgan fingerprint density at radius 1 is 1.10 bits per heavy atom. The summed E-state index contributed by atoms with van der Waals surface area (Å²) in [6.45, 7) is 0. The van der Waals surface area contributed by atoms with Crippen LogP contribution < -0.4 is 4.74 Å². The maximum absolute atomic E-state index is 6.24. The van der Waals surface area contributed by atoms with Crippen molar-refractivity contribution >= 4 is 33.7 Å². The molecule has 3 heteroatoms. The number of benzene rings is 2. The number of halogens is 1. The number of hydrogen-bond donors (Lipinski definition) is 0. The van der Waals surface area contributed by atoms with Crippen molar-refractivity contribution in [2.24, 2.45) is 0 Å². The van der Waals surface area contributed by atoms with Crippen molar-refractivity contribution in [3.8, 4) is 5.75 Å². The molecule has 0 aliphatic heterocycles. The van der Waals surface area contributed by atoms with Gasteiger partial charge in [0.1, 0.15) is 11.9 Å². The summed E-state index contributed by atoms with van der Waals surface area (Å²) in [6.07, 6.45) is 0.837. The number of thiophene rings is 1. The lowest BCUT2D eigenvalue weighted by molar-refractivity contribution is 0.209. The van der Waals surface area contributed by atoms with Crippen LogP contribution in [0.25, 0.3) is 10.8 Å². The first kappa shape index (κ1) is 13.5. The van der Waals surface area contributed by atoms with Crippen LogP contribution in [0, 0.1) is 0 Å². The number of hydrogen-bond acceptors (Lipinski definition) is 2. The normalized spacial score (nSPS) is 12.4. The molecule has 0 spiro atoms. The summed E-state index contributed by atoms with van der Waals surface area (Å²) in [5.74, 6) is 1.51. The van der Waals surface area contributed by atoms with Gasteiger partial charge in [-0.1, -0.05) is 42.5 Å². The first-order chi connectivity index (χ1) is 9.88. The molecule has 0 fully saturated rings. The van der Waals surface area contributed by atoms with Crippen molar-refractivity contribution in [1.29, 1.82) is 0 Å². The molecular formula is C17H15ClOS. The van der Waals surface area contributed by atoms with Gasteiger partial charge in [0.2, 0.25) is 0 Å². The third-order valence-corrected chi connectivity index (χ3v) is 4.43. The highest BCUT2D eigenvalue weighted by Gasteiger charge is 2.15. The molecule has 0 unspecified atom stereocenters. The summed E-state index contributed by atoms with van der Waals surface area (Å²) in [5, 5.41) is 4.41. The average molecular weight is 305 g/mol. The Labute approximate surface area is 127 Å². The number of alkyl halides is 1. The van der Waals surface area contributed by atoms with Crippen LogP contribution in [0.2, 0.25) is 0 Å². The molecule has 0 bridgehead atoms. The molecule has 0 amide bonds. The van der Waals surface area contributed by atoms with E-state index in [4.69, 9.17) is 16.3 Å². The van der Waals surface area contributed by atoms with Crippen LogP contribution >= 0.6 is 22.9 Å². The zero-order valence-electron chi connectivity index (χ0n) is 11.0. The predicted molar refractivity (Wildman–Crippen MR) is 87.0 cm³/mol. The molecule has 20 heavy (non-hydrogen) atoms. The van der Waals surface area contributed by atoms with Gasteiger partial charge in [-0.25, -0.2) is 0 Å². The fourth-order valence-corrected chi connectivity index (χ4v) is 3.27. The Bertz CT molecular complexity index is 673. The molecule has 3 aromatic rings. The largest absolute Gasteiger partial charge is 0.484 e. The Balaban J connectivity index is 1.94. The molecule has 1 heterocycles. The van der Waals surface area contributed by atoms with Crippen molar-refractivity contribution in [2.45, 2.75) is 12.5 Å². The zero-order chi connectivity index (χ0) is 13.8. The van der Waals surface area contributed by atoms with Gasteiger partial charge in [0.15, 0.2) is 0 Å². The molecule has 102 valence electrons. The van der Waals surface area contributed by atoms with Gasteiger partial charge in [0.25, 0.3) is 0 Å². The predicted octanol–water partition coefficient (Wildman–Crippen LogP) is 5.65. The lowest BCUT2D eigenvalue weighted by Crippen LogP contribution is -2.07. The van der Waals surface area contributed by atoms with E-state index in [2.05, 4.69) is 29.6 Å². The monoisotopic (exact) mass is 304 g/mol. The van der Waals surface area contributed by atoms with Gasteiger partial charge in [0, 0.05) is 22.6 Å². The van der Waals surface area contributed by atoms with Crippen LogP contribution in [0.15, 0.2) is 60.0 Å². The fraction of sp³-hybridized carbons (Fsp3) is 0.176. The minimum Gasteiger partial charge on any atom is -0.484 e. The summed E-state index contributed by atoms with van der Waals surface area (Å²) in [7, 11) is 0. The summed E-state index contributed by atoms with van der Waals surface area (Å²) in [5.41, 5.74) is 0. The van der Waals surface area contributed by atoms with Crippen LogP contribution in [0.1, 0.15) is 17.4 Å². The smallest absolute Gasteiger partial charge is 0.134 e. The second-order valence-electron chi connectivity index (χ2n) is 4.58. The van der Waals surface area contributed by atoms with Gasteiger partial charge >= 0.3 is 0 Å². The quantitative estimate of drug-likeness (QED) is 0.553. The Kier molecular flexibility index (Phi) is 4.24. The third kappa shape index (κ3) is 2.82. The fourth-order valence-electron chi connectivity index (χ4n) is 2.28. The summed E-state index contributed by atoms with van der Waals surface area (Å²) in [6, 6.07) is 18.6. The van der Waals surface area contributed by atoms with E-state index in [-0.39, 0.29) is 6.10 Å². The molecule has 1 atom stereocenters. The minimum atomic E-state index is 0.0262. The third-order valence-electron chi connectivity index (χ3n) is 3.25. The molecule has 1 aromatic heterocycles. The van der Waals surface area contributed by atoms with Crippen LogP contribution in [0.5, 0.6) is 5.75 Å². The van der Waals surface area contributed by atoms with E-state index >= 15 is 0 Å². The van der Waals surface area contributed by atoms with Crippen molar-refractivity contribution in [3.63, 3.8) is 0 Å². The Hall–Kier alpha value is -1.51. The van der Waals surface area contributed by atoms with Crippen LogP contribution in [0.4, 0.5) is 0 Å². The van der Waals surface area contributed by atoms with Crippen molar-refractivity contribution in [1.82, 2.24) is 0 Å². The number of rotatable bonds is 5. The standard InChI is InChI=1S/C17H15ClOS/c18-11-10-16(17-9-4-12-20-17)19-15-8-3-6-13-5-1-2-7-14(13)15/h1-9,12,16H,10-11H2/t16-/m0/s1/i15+2. The highest BCUT2D eigenvalue weighted by Crippen LogP contribution is 2.32. The van der Waals surface area contributed by atoms with E-state index < -0.39 is 0 Å². The summed E-state index contributed by atoms with van der Waals surface area (Å²) < 4.78 is 6.24. The number of fused-ring (bicyclic) bond motifs is 1. The molecule has 0 saturated carbocycles. The van der Waals surface area contributed by atoms with E-state index in [1.54, 1.807) is 11.3 Å². The molecular weight excluding hydrogens is 290 g/mol. The lowest BCUT2D eigenvalue weighted by Gasteiger charge is -2.18. The second kappa shape index (κ2) is 6.29. The molecule has 0 N–H and O–H groups in total. The van der Waals surface area contributed by atoms with Gasteiger partial charge in [-0.05, 0) is 22.9 Å². The summed E-state index contributed by atoms with van der Waals surface area (Å²) >= 11 is 7.63. The van der Waals surface area contributed by atoms with Crippen LogP contribution in [0.3, 0.4) is 0 Å². The van der Waals surface area contributed by atoms with Gasteiger partial charge < -0.3 is 4.74 Å². The maximum atomic E-state index is 6.24. The van der Waals surface area contributed by atoms with E-state index in [9.17, 15) is 0 Å². The molecule has 0 saturated heterocycles. The van der Waals surface area contributed by atoms with E-state index in [0.717, 1.165) is 17.6 Å². The van der Waals surface area contributed by atoms with E-state index in [1.807, 2.05) is 30.3 Å². The maximum Gasteiger partial charge on any atom is 0.134 e. The second-order valence-corrected chi connectivity index (χ2v) is 5.93. The number of ether oxygens (including phenoxy) is 1. The minimum absolute atomic E-state index is 0.0262. The van der Waals surface area contributed by atoms with Gasteiger partial charge in [0.05, 0.1) is 0 Å². The SMILES string of the molecule is ClCC[C@H](O[14c]1cccc2ccccc21)c1cccs1. The average Bonchev–Trinajstić information content (AvgIpc) is 3.01. The Morgan fingerprint density at radius 3 is 2.75 bits per heavy atom. The molecule has 1 nitrogen and oxygen atoms in total. The molecule has 0 aliphatic carbocycles. The first-order valence-electron chi connectivity index (χ1n) is 6.62. The highest BCUT2D eigenvalue weighted by atomic mass is 35.5. The molecule has 0 radical (unpaired) electrons. The van der Waals surface area contributed by atoms with Crippen LogP contribution in [-0.4, -0.2) is 5.88 Å². The van der Waals surface area contributed by atoms with Gasteiger partial charge in [-0.3, -0.25) is 0 Å². The molecule has 2 aromatic carbocycles. The van der Waals surface area contributed by atoms with Crippen LogP contribution in [-0.2, 0) is 0 Å².